The molecule has 0 saturated heterocycles. The maximum Gasteiger partial charge on any atom is 0.164 e. The molecule has 0 radical (unpaired) electrons. The van der Waals surface area contributed by atoms with E-state index in [1.165, 1.54) is 10.8 Å². The standard InChI is InChI=1S/C51H29N3O2/c1-2-12-31(13-3-1)49-52-50(54-51(53-49)35-24-26-45-41(29-35)39-16-6-8-19-43(39)55-45)34-23-25-36-32(27-34)14-10-18-38(36)42-28-33-22-21-30-11-4-5-15-37(30)46(33)48-47(42)40-17-7-9-20-44(40)56-48/h1-29H. The average Bonchev–Trinajstić information content (AvgIpc) is 3.84. The van der Waals surface area contributed by atoms with Crippen molar-refractivity contribution in [1.82, 2.24) is 15.0 Å². The van der Waals surface area contributed by atoms with Crippen molar-refractivity contribution >= 4 is 76.2 Å². The first-order valence-electron chi connectivity index (χ1n) is 18.8. The van der Waals surface area contributed by atoms with Gasteiger partial charge in [-0.1, -0.05) is 133 Å². The van der Waals surface area contributed by atoms with Crippen molar-refractivity contribution < 1.29 is 8.83 Å². The number of hydrogen-bond donors (Lipinski definition) is 0. The summed E-state index contributed by atoms with van der Waals surface area (Å²) in [6.45, 7) is 0. The van der Waals surface area contributed by atoms with Crippen LogP contribution in [0.1, 0.15) is 0 Å². The third-order valence-electron chi connectivity index (χ3n) is 11.1. The molecular formula is C51H29N3O2. The Hall–Kier alpha value is -7.63. The summed E-state index contributed by atoms with van der Waals surface area (Å²) in [6.07, 6.45) is 0. The quantitative estimate of drug-likeness (QED) is 0.170. The lowest BCUT2D eigenvalue weighted by molar-refractivity contribution is 0.669. The molecule has 0 spiro atoms. The van der Waals surface area contributed by atoms with Gasteiger partial charge in [0.05, 0.1) is 0 Å². The zero-order valence-corrected chi connectivity index (χ0v) is 29.9. The van der Waals surface area contributed by atoms with Crippen LogP contribution in [-0.2, 0) is 0 Å². The molecule has 0 bridgehead atoms. The van der Waals surface area contributed by atoms with Crippen LogP contribution in [0, 0.1) is 0 Å². The third-order valence-corrected chi connectivity index (χ3v) is 11.1. The van der Waals surface area contributed by atoms with E-state index in [4.69, 9.17) is 23.8 Å². The van der Waals surface area contributed by atoms with Crippen LogP contribution in [0.15, 0.2) is 185 Å². The van der Waals surface area contributed by atoms with Crippen LogP contribution in [0.2, 0.25) is 0 Å². The Balaban J connectivity index is 1.05. The molecular weight excluding hydrogens is 687 g/mol. The summed E-state index contributed by atoms with van der Waals surface area (Å²) in [4.78, 5) is 15.2. The molecule has 0 aliphatic carbocycles. The monoisotopic (exact) mass is 715 g/mol. The smallest absolute Gasteiger partial charge is 0.164 e. The Morgan fingerprint density at radius 2 is 0.929 bits per heavy atom. The molecule has 0 amide bonds. The van der Waals surface area contributed by atoms with Crippen molar-refractivity contribution in [3.05, 3.63) is 176 Å². The lowest BCUT2D eigenvalue weighted by atomic mass is 9.90. The normalized spacial score (nSPS) is 11.9. The predicted molar refractivity (Wildman–Crippen MR) is 229 cm³/mol. The van der Waals surface area contributed by atoms with E-state index in [1.807, 2.05) is 66.7 Å². The number of fused-ring (bicyclic) bond motifs is 11. The van der Waals surface area contributed by atoms with E-state index in [9.17, 15) is 0 Å². The van der Waals surface area contributed by atoms with Gasteiger partial charge in [-0.2, -0.15) is 0 Å². The highest BCUT2D eigenvalue weighted by molar-refractivity contribution is 6.28. The summed E-state index contributed by atoms with van der Waals surface area (Å²) in [7, 11) is 0. The van der Waals surface area contributed by atoms with Gasteiger partial charge in [-0.05, 0) is 80.5 Å². The van der Waals surface area contributed by atoms with Gasteiger partial charge in [-0.3, -0.25) is 0 Å². The SMILES string of the molecule is c1ccc(-c2nc(-c3ccc4c(-c5cc6ccc7ccccc7c6c6oc7ccccc7c56)cccc4c3)nc(-c3ccc4oc5ccccc5c4c3)n2)cc1. The van der Waals surface area contributed by atoms with Gasteiger partial charge in [0, 0.05) is 43.6 Å². The molecule has 0 unspecified atom stereocenters. The summed E-state index contributed by atoms with van der Waals surface area (Å²) in [6, 6.07) is 61.1. The number of furan rings is 2. The summed E-state index contributed by atoms with van der Waals surface area (Å²) in [5.74, 6) is 1.83. The zero-order valence-electron chi connectivity index (χ0n) is 29.9. The molecule has 260 valence electrons. The first-order valence-corrected chi connectivity index (χ1v) is 18.8. The van der Waals surface area contributed by atoms with E-state index >= 15 is 0 Å². The summed E-state index contributed by atoms with van der Waals surface area (Å²) >= 11 is 0. The van der Waals surface area contributed by atoms with E-state index in [0.717, 1.165) is 93.2 Å². The van der Waals surface area contributed by atoms with Crippen LogP contribution in [0.3, 0.4) is 0 Å². The second-order valence-corrected chi connectivity index (χ2v) is 14.3. The highest BCUT2D eigenvalue weighted by atomic mass is 16.3. The minimum Gasteiger partial charge on any atom is -0.456 e. The van der Waals surface area contributed by atoms with Gasteiger partial charge in [0.1, 0.15) is 22.3 Å². The highest BCUT2D eigenvalue weighted by Crippen LogP contribution is 2.45. The fraction of sp³-hybridized carbons (Fsp3) is 0. The molecule has 0 aliphatic rings. The van der Waals surface area contributed by atoms with E-state index < -0.39 is 0 Å². The molecule has 56 heavy (non-hydrogen) atoms. The van der Waals surface area contributed by atoms with Crippen molar-refractivity contribution in [2.45, 2.75) is 0 Å². The van der Waals surface area contributed by atoms with Crippen molar-refractivity contribution in [2.24, 2.45) is 0 Å². The van der Waals surface area contributed by atoms with Crippen LogP contribution >= 0.6 is 0 Å². The van der Waals surface area contributed by atoms with Crippen molar-refractivity contribution in [3.63, 3.8) is 0 Å². The molecule has 5 nitrogen and oxygen atoms in total. The minimum absolute atomic E-state index is 0.604. The third kappa shape index (κ3) is 4.71. The molecule has 3 aromatic heterocycles. The summed E-state index contributed by atoms with van der Waals surface area (Å²) < 4.78 is 12.9. The first-order chi connectivity index (χ1) is 27.7. The molecule has 12 aromatic rings. The Labute approximate surface area is 320 Å². The lowest BCUT2D eigenvalue weighted by Gasteiger charge is -2.13. The van der Waals surface area contributed by atoms with Crippen molar-refractivity contribution in [1.29, 1.82) is 0 Å². The van der Waals surface area contributed by atoms with E-state index in [1.54, 1.807) is 0 Å². The maximum absolute atomic E-state index is 6.73. The first kappa shape index (κ1) is 30.8. The number of hydrogen-bond acceptors (Lipinski definition) is 5. The topological polar surface area (TPSA) is 65.0 Å². The average molecular weight is 716 g/mol. The number of rotatable bonds is 4. The molecule has 9 aromatic carbocycles. The van der Waals surface area contributed by atoms with E-state index in [-0.39, 0.29) is 0 Å². The van der Waals surface area contributed by atoms with Gasteiger partial charge >= 0.3 is 0 Å². The van der Waals surface area contributed by atoms with Crippen molar-refractivity contribution in [3.8, 4) is 45.3 Å². The molecule has 0 atom stereocenters. The molecule has 0 fully saturated rings. The van der Waals surface area contributed by atoms with Crippen molar-refractivity contribution in [2.75, 3.05) is 0 Å². The van der Waals surface area contributed by atoms with Crippen LogP contribution in [0.25, 0.3) is 121 Å². The van der Waals surface area contributed by atoms with Crippen LogP contribution in [0.5, 0.6) is 0 Å². The highest BCUT2D eigenvalue weighted by Gasteiger charge is 2.20. The maximum atomic E-state index is 6.73. The molecule has 0 aliphatic heterocycles. The van der Waals surface area contributed by atoms with Gasteiger partial charge in [0.15, 0.2) is 17.5 Å². The van der Waals surface area contributed by atoms with E-state index in [2.05, 4.69) is 109 Å². The Bertz CT molecular complexity index is 3550. The van der Waals surface area contributed by atoms with Crippen LogP contribution in [0.4, 0.5) is 0 Å². The Morgan fingerprint density at radius 1 is 0.304 bits per heavy atom. The fourth-order valence-corrected chi connectivity index (χ4v) is 8.46. The van der Waals surface area contributed by atoms with Gasteiger partial charge in [-0.15, -0.1) is 0 Å². The van der Waals surface area contributed by atoms with Crippen LogP contribution < -0.4 is 0 Å². The molecule has 0 N–H and O–H groups in total. The zero-order chi connectivity index (χ0) is 36.7. The molecule has 3 heterocycles. The minimum atomic E-state index is 0.604. The lowest BCUT2D eigenvalue weighted by Crippen LogP contribution is -2.00. The number of para-hydroxylation sites is 2. The van der Waals surface area contributed by atoms with E-state index in [0.29, 0.717) is 17.5 Å². The molecule has 12 rings (SSSR count). The second kappa shape index (κ2) is 11.9. The number of benzene rings is 9. The largest absolute Gasteiger partial charge is 0.456 e. The van der Waals surface area contributed by atoms with Gasteiger partial charge in [0.2, 0.25) is 0 Å². The Morgan fingerprint density at radius 3 is 1.77 bits per heavy atom. The predicted octanol–water partition coefficient (Wildman–Crippen LogP) is 13.8. The summed E-state index contributed by atoms with van der Waals surface area (Å²) in [5.41, 5.74) is 8.50. The summed E-state index contributed by atoms with van der Waals surface area (Å²) in [5, 5.41) is 11.2. The number of aromatic nitrogens is 3. The molecule has 5 heteroatoms. The fourth-order valence-electron chi connectivity index (χ4n) is 8.46. The molecule has 0 saturated carbocycles. The van der Waals surface area contributed by atoms with Crippen LogP contribution in [-0.4, -0.2) is 15.0 Å². The van der Waals surface area contributed by atoms with Gasteiger partial charge in [-0.25, -0.2) is 15.0 Å². The van der Waals surface area contributed by atoms with Gasteiger partial charge in [0.25, 0.3) is 0 Å². The Kier molecular flexibility index (Phi) is 6.56. The number of nitrogens with zero attached hydrogens (tertiary/aromatic N) is 3. The van der Waals surface area contributed by atoms with Gasteiger partial charge < -0.3 is 8.83 Å². The second-order valence-electron chi connectivity index (χ2n) is 14.3.